The zero-order chi connectivity index (χ0) is 28.2. The molecular formula is C32H35N3O4S. The maximum Gasteiger partial charge on any atom is 0.344 e. The number of esters is 1. The number of aliphatic hydroxyl groups excluding tert-OH is 1. The Morgan fingerprint density at radius 2 is 1.93 bits per heavy atom. The van der Waals surface area contributed by atoms with Gasteiger partial charge in [-0.1, -0.05) is 55.1 Å². The normalized spacial score (nSPS) is 19.7. The molecule has 0 spiro atoms. The van der Waals surface area contributed by atoms with Crippen molar-refractivity contribution < 1.29 is 19.4 Å². The first kappa shape index (κ1) is 27.8. The molecule has 0 aliphatic carbocycles. The Labute approximate surface area is 239 Å². The van der Waals surface area contributed by atoms with Crippen LogP contribution in [0.4, 0.5) is 5.69 Å². The maximum absolute atomic E-state index is 13.4. The van der Waals surface area contributed by atoms with Crippen molar-refractivity contribution in [1.29, 1.82) is 0 Å². The second-order valence-electron chi connectivity index (χ2n) is 10.1. The summed E-state index contributed by atoms with van der Waals surface area (Å²) in [5.41, 5.74) is 3.77. The fourth-order valence-corrected chi connectivity index (χ4v) is 6.47. The quantitative estimate of drug-likeness (QED) is 0.323. The highest BCUT2D eigenvalue weighted by Crippen LogP contribution is 2.41. The highest BCUT2D eigenvalue weighted by Gasteiger charge is 2.33. The Morgan fingerprint density at radius 3 is 2.65 bits per heavy atom. The summed E-state index contributed by atoms with van der Waals surface area (Å²) in [4.78, 5) is 33.4. The van der Waals surface area contributed by atoms with Crippen molar-refractivity contribution in [1.82, 2.24) is 9.47 Å². The van der Waals surface area contributed by atoms with Crippen LogP contribution < -0.4 is 0 Å². The summed E-state index contributed by atoms with van der Waals surface area (Å²) < 4.78 is 7.29. The second-order valence-corrected chi connectivity index (χ2v) is 11.1. The molecule has 1 saturated heterocycles. The van der Waals surface area contributed by atoms with Gasteiger partial charge in [0, 0.05) is 29.7 Å². The van der Waals surface area contributed by atoms with Gasteiger partial charge in [-0.15, -0.1) is 0 Å². The van der Waals surface area contributed by atoms with Crippen LogP contribution in [0.2, 0.25) is 0 Å². The average molecular weight is 558 g/mol. The van der Waals surface area contributed by atoms with Gasteiger partial charge in [0.05, 0.1) is 22.7 Å². The zero-order valence-electron chi connectivity index (χ0n) is 23.2. The maximum atomic E-state index is 13.4. The van der Waals surface area contributed by atoms with Gasteiger partial charge >= 0.3 is 5.97 Å². The SMILES string of the molecule is CCOC(=O)C1=C(O)/C(=C/c2cn(CC(=O)N3CCCC[C@H]3C)c3c(CC)cccc23)SC1=Nc1ccccc1. The summed E-state index contributed by atoms with van der Waals surface area (Å²) in [5.74, 6) is -0.638. The van der Waals surface area contributed by atoms with E-state index < -0.39 is 5.97 Å². The van der Waals surface area contributed by atoms with Crippen LogP contribution in [-0.4, -0.2) is 50.7 Å². The van der Waals surface area contributed by atoms with Crippen molar-refractivity contribution in [2.45, 2.75) is 59.0 Å². The van der Waals surface area contributed by atoms with Crippen molar-refractivity contribution >= 4 is 51.3 Å². The van der Waals surface area contributed by atoms with E-state index in [4.69, 9.17) is 4.74 Å². The number of nitrogens with zero attached hydrogens (tertiary/aromatic N) is 3. The lowest BCUT2D eigenvalue weighted by Gasteiger charge is -2.33. The molecule has 0 unspecified atom stereocenters. The molecule has 1 N–H and O–H groups in total. The molecule has 0 radical (unpaired) electrons. The zero-order valence-corrected chi connectivity index (χ0v) is 24.0. The van der Waals surface area contributed by atoms with Gasteiger partial charge in [-0.05, 0) is 63.3 Å². The number of aromatic nitrogens is 1. The van der Waals surface area contributed by atoms with Crippen LogP contribution in [0.25, 0.3) is 17.0 Å². The summed E-state index contributed by atoms with van der Waals surface area (Å²) >= 11 is 1.24. The monoisotopic (exact) mass is 557 g/mol. The van der Waals surface area contributed by atoms with Crippen molar-refractivity contribution in [2.75, 3.05) is 13.2 Å². The standard InChI is InChI=1S/C32H35N3O4S/c1-4-22-13-11-16-25-23(19-34(29(22)25)20-27(36)35-17-10-9-12-21(35)3)18-26-30(37)28(32(38)39-5-2)31(40-26)33-24-14-7-6-8-15-24/h6-8,11,13-16,18-19,21,37H,4-5,9-10,12,17,20H2,1-3H3/b26-18-,33-31?/t21-/m1/s1. The van der Waals surface area contributed by atoms with Crippen LogP contribution in [0.5, 0.6) is 0 Å². The number of benzene rings is 2. The molecule has 0 bridgehead atoms. The van der Waals surface area contributed by atoms with Gasteiger partial charge < -0.3 is 19.3 Å². The number of likely N-dealkylation sites (tertiary alicyclic amines) is 1. The number of hydrogen-bond acceptors (Lipinski definition) is 6. The Hall–Kier alpha value is -3.78. The third-order valence-corrected chi connectivity index (χ3v) is 8.49. The molecule has 1 aromatic heterocycles. The number of amides is 1. The Morgan fingerprint density at radius 1 is 1.12 bits per heavy atom. The number of para-hydroxylation sites is 2. The third kappa shape index (κ3) is 5.59. The number of carbonyl (C=O) groups excluding carboxylic acids is 2. The van der Waals surface area contributed by atoms with Crippen LogP contribution in [0, 0.1) is 0 Å². The predicted molar refractivity (Wildman–Crippen MR) is 162 cm³/mol. The summed E-state index contributed by atoms with van der Waals surface area (Å²) in [5, 5.41) is 12.6. The van der Waals surface area contributed by atoms with E-state index in [2.05, 4.69) is 24.9 Å². The lowest BCUT2D eigenvalue weighted by atomic mass is 10.0. The number of carbonyl (C=O) groups is 2. The van der Waals surface area contributed by atoms with E-state index >= 15 is 0 Å². The Bertz CT molecular complexity index is 1520. The lowest BCUT2D eigenvalue weighted by molar-refractivity contribution is -0.138. The minimum atomic E-state index is -0.609. The number of thioether (sulfide) groups is 1. The number of ether oxygens (including phenoxy) is 1. The van der Waals surface area contributed by atoms with Crippen LogP contribution in [0.1, 0.15) is 51.2 Å². The number of aryl methyl sites for hydroxylation is 1. The van der Waals surface area contributed by atoms with Gasteiger partial charge in [0.2, 0.25) is 5.91 Å². The van der Waals surface area contributed by atoms with Gasteiger partial charge in [-0.25, -0.2) is 9.79 Å². The minimum absolute atomic E-state index is 0.0641. The van der Waals surface area contributed by atoms with Crippen molar-refractivity contribution in [2.24, 2.45) is 4.99 Å². The topological polar surface area (TPSA) is 84.1 Å². The van der Waals surface area contributed by atoms with E-state index in [-0.39, 0.29) is 36.4 Å². The third-order valence-electron chi connectivity index (χ3n) is 7.47. The molecule has 3 heterocycles. The van der Waals surface area contributed by atoms with Gasteiger partial charge in [0.15, 0.2) is 0 Å². The second kappa shape index (κ2) is 12.2. The predicted octanol–water partition coefficient (Wildman–Crippen LogP) is 6.80. The summed E-state index contributed by atoms with van der Waals surface area (Å²) in [7, 11) is 0. The summed E-state index contributed by atoms with van der Waals surface area (Å²) in [6, 6.07) is 15.7. The van der Waals surface area contributed by atoms with Crippen LogP contribution >= 0.6 is 11.8 Å². The highest BCUT2D eigenvalue weighted by molar-refractivity contribution is 8.18. The molecule has 8 heteroatoms. The van der Waals surface area contributed by atoms with Crippen LogP contribution in [-0.2, 0) is 27.3 Å². The molecule has 2 aliphatic rings. The van der Waals surface area contributed by atoms with Gasteiger partial charge in [0.1, 0.15) is 22.9 Å². The first-order chi connectivity index (χ1) is 19.4. The van der Waals surface area contributed by atoms with E-state index in [1.54, 1.807) is 6.92 Å². The van der Waals surface area contributed by atoms with Crippen LogP contribution in [0.3, 0.4) is 0 Å². The fraction of sp³-hybridized carbons (Fsp3) is 0.344. The van der Waals surface area contributed by atoms with Crippen molar-refractivity contribution in [3.63, 3.8) is 0 Å². The van der Waals surface area contributed by atoms with Crippen molar-refractivity contribution in [3.05, 3.63) is 82.1 Å². The number of fused-ring (bicyclic) bond motifs is 1. The molecule has 40 heavy (non-hydrogen) atoms. The smallest absolute Gasteiger partial charge is 0.344 e. The molecule has 2 aromatic carbocycles. The number of rotatable bonds is 7. The molecule has 2 aliphatic heterocycles. The molecule has 7 nitrogen and oxygen atoms in total. The minimum Gasteiger partial charge on any atom is -0.506 e. The molecule has 3 aromatic rings. The average Bonchev–Trinajstić information content (AvgIpc) is 3.45. The number of piperidine rings is 1. The number of aliphatic imine (C=N–C) groups is 1. The molecule has 1 atom stereocenters. The molecule has 1 amide bonds. The van der Waals surface area contributed by atoms with E-state index in [1.165, 1.54) is 11.8 Å². The lowest BCUT2D eigenvalue weighted by Crippen LogP contribution is -2.43. The van der Waals surface area contributed by atoms with E-state index in [0.717, 1.165) is 54.3 Å². The number of hydrogen-bond donors (Lipinski definition) is 1. The van der Waals surface area contributed by atoms with Gasteiger partial charge in [-0.3, -0.25) is 4.79 Å². The Kier molecular flexibility index (Phi) is 8.45. The largest absolute Gasteiger partial charge is 0.506 e. The summed E-state index contributed by atoms with van der Waals surface area (Å²) in [6.45, 7) is 7.21. The number of aliphatic hydroxyl groups is 1. The van der Waals surface area contributed by atoms with Crippen LogP contribution in [0.15, 0.2) is 76.0 Å². The van der Waals surface area contributed by atoms with E-state index in [0.29, 0.717) is 15.6 Å². The van der Waals surface area contributed by atoms with Crippen molar-refractivity contribution in [3.8, 4) is 0 Å². The van der Waals surface area contributed by atoms with E-state index in [9.17, 15) is 14.7 Å². The first-order valence-corrected chi connectivity index (χ1v) is 14.8. The fourth-order valence-electron chi connectivity index (χ4n) is 5.45. The highest BCUT2D eigenvalue weighted by atomic mass is 32.2. The molecular weight excluding hydrogens is 522 g/mol. The Balaban J connectivity index is 1.56. The summed E-state index contributed by atoms with van der Waals surface area (Å²) in [6.07, 6.45) is 7.92. The molecule has 5 rings (SSSR count). The van der Waals surface area contributed by atoms with E-state index in [1.807, 2.05) is 64.2 Å². The van der Waals surface area contributed by atoms with Gasteiger partial charge in [-0.2, -0.15) is 0 Å². The molecule has 208 valence electrons. The molecule has 1 fully saturated rings. The molecule has 0 saturated carbocycles. The first-order valence-electron chi connectivity index (χ1n) is 14.0. The van der Waals surface area contributed by atoms with Gasteiger partial charge in [0.25, 0.3) is 0 Å².